The largest absolute Gasteiger partial charge is 0.454 e. The minimum absolute atomic E-state index is 0.172. The van der Waals surface area contributed by atoms with E-state index in [1.165, 1.54) is 0 Å². The lowest BCUT2D eigenvalue weighted by Gasteiger charge is -2.36. The summed E-state index contributed by atoms with van der Waals surface area (Å²) < 4.78 is 11.6. The van der Waals surface area contributed by atoms with E-state index in [2.05, 4.69) is 24.0 Å². The Hall–Kier alpha value is -2.17. The van der Waals surface area contributed by atoms with Crippen LogP contribution in [-0.4, -0.2) is 43.7 Å². The van der Waals surface area contributed by atoms with Gasteiger partial charge in [0.2, 0.25) is 0 Å². The van der Waals surface area contributed by atoms with Gasteiger partial charge in [-0.3, -0.25) is 9.69 Å². The third-order valence-corrected chi connectivity index (χ3v) is 5.31. The lowest BCUT2D eigenvalue weighted by Crippen LogP contribution is -2.41. The fraction of sp³-hybridized carbons (Fsp3) is 0.435. The molecule has 0 N–H and O–H groups in total. The first-order valence-electron chi connectivity index (χ1n) is 9.83. The first-order valence-corrected chi connectivity index (χ1v) is 9.83. The smallest absolute Gasteiger partial charge is 0.311 e. The number of carbonyl (C=O) groups excluding carboxylic acids is 1. The van der Waals surface area contributed by atoms with Gasteiger partial charge in [0.25, 0.3) is 0 Å². The topological polar surface area (TPSA) is 38.8 Å². The first-order chi connectivity index (χ1) is 13.2. The predicted molar refractivity (Wildman–Crippen MR) is 107 cm³/mol. The highest BCUT2D eigenvalue weighted by molar-refractivity contribution is 5.73. The van der Waals surface area contributed by atoms with E-state index in [1.807, 2.05) is 48.5 Å². The van der Waals surface area contributed by atoms with E-state index in [-0.39, 0.29) is 5.97 Å². The molecule has 1 heterocycles. The average Bonchev–Trinajstić information content (AvgIpc) is 2.73. The Morgan fingerprint density at radius 2 is 1.67 bits per heavy atom. The zero-order chi connectivity index (χ0) is 19.0. The molecule has 3 rings (SSSR count). The second kappa shape index (κ2) is 9.67. The zero-order valence-corrected chi connectivity index (χ0v) is 16.1. The summed E-state index contributed by atoms with van der Waals surface area (Å²) in [5, 5.41) is 0. The number of hydrogen-bond acceptors (Lipinski definition) is 4. The molecule has 27 heavy (non-hydrogen) atoms. The maximum Gasteiger partial charge on any atom is 0.311 e. The van der Waals surface area contributed by atoms with Crippen molar-refractivity contribution in [3.8, 4) is 0 Å². The summed E-state index contributed by atoms with van der Waals surface area (Å²) in [6, 6.07) is 19.9. The van der Waals surface area contributed by atoms with Crippen LogP contribution in [0.2, 0.25) is 0 Å². The van der Waals surface area contributed by atoms with Crippen molar-refractivity contribution in [2.45, 2.75) is 31.8 Å². The average molecular weight is 367 g/mol. The monoisotopic (exact) mass is 367 g/mol. The van der Waals surface area contributed by atoms with E-state index >= 15 is 0 Å². The second-order valence-electron chi connectivity index (χ2n) is 7.05. The molecule has 0 radical (unpaired) electrons. The molecular weight excluding hydrogens is 338 g/mol. The minimum atomic E-state index is -0.592. The number of hydrogen-bond donors (Lipinski definition) is 0. The zero-order valence-electron chi connectivity index (χ0n) is 16.1. The molecule has 1 aliphatic heterocycles. The highest BCUT2D eigenvalue weighted by Gasteiger charge is 2.35. The van der Waals surface area contributed by atoms with Crippen LogP contribution < -0.4 is 0 Å². The fourth-order valence-electron chi connectivity index (χ4n) is 3.63. The quantitative estimate of drug-likeness (QED) is 0.665. The molecule has 4 nitrogen and oxygen atoms in total. The molecule has 1 atom stereocenters. The SMILES string of the molecule is CCC(CCN1CCOCC1)(OC(=O)Cc1ccccc1)c1ccccc1. The van der Waals surface area contributed by atoms with Crippen molar-refractivity contribution in [2.75, 3.05) is 32.8 Å². The third-order valence-electron chi connectivity index (χ3n) is 5.31. The van der Waals surface area contributed by atoms with Gasteiger partial charge >= 0.3 is 5.97 Å². The van der Waals surface area contributed by atoms with Crippen molar-refractivity contribution in [1.29, 1.82) is 0 Å². The molecule has 1 aliphatic rings. The van der Waals surface area contributed by atoms with E-state index in [9.17, 15) is 4.79 Å². The van der Waals surface area contributed by atoms with E-state index in [1.54, 1.807) is 0 Å². The number of ether oxygens (including phenoxy) is 2. The van der Waals surface area contributed by atoms with Gasteiger partial charge in [-0.05, 0) is 17.5 Å². The molecule has 0 amide bonds. The standard InChI is InChI=1S/C23H29NO3/c1-2-23(21-11-7-4-8-12-21,13-14-24-15-17-26-18-16-24)27-22(25)19-20-9-5-3-6-10-20/h3-12H,2,13-19H2,1H3. The van der Waals surface area contributed by atoms with Crippen LogP contribution in [0.25, 0.3) is 0 Å². The highest BCUT2D eigenvalue weighted by Crippen LogP contribution is 2.34. The summed E-state index contributed by atoms with van der Waals surface area (Å²) in [6.45, 7) is 6.42. The van der Waals surface area contributed by atoms with Gasteiger partial charge in [0.1, 0.15) is 5.60 Å². The normalized spacial score (nSPS) is 17.2. The molecule has 1 unspecified atom stereocenters. The molecule has 0 aliphatic carbocycles. The summed E-state index contributed by atoms with van der Waals surface area (Å²) in [7, 11) is 0. The molecule has 2 aromatic carbocycles. The van der Waals surface area contributed by atoms with E-state index in [0.717, 1.165) is 56.8 Å². The number of morpholine rings is 1. The molecule has 1 fully saturated rings. The molecule has 0 aromatic heterocycles. The first kappa shape index (κ1) is 19.6. The van der Waals surface area contributed by atoms with Gasteiger partial charge in [0.05, 0.1) is 19.6 Å². The molecule has 1 saturated heterocycles. The van der Waals surface area contributed by atoms with Crippen LogP contribution in [0.3, 0.4) is 0 Å². The number of rotatable bonds is 8. The molecule has 0 saturated carbocycles. The van der Waals surface area contributed by atoms with Gasteiger partial charge in [0.15, 0.2) is 0 Å². The van der Waals surface area contributed by atoms with Crippen molar-refractivity contribution >= 4 is 5.97 Å². The van der Waals surface area contributed by atoms with E-state index in [0.29, 0.717) is 6.42 Å². The van der Waals surface area contributed by atoms with Crippen LogP contribution in [0.15, 0.2) is 60.7 Å². The summed E-state index contributed by atoms with van der Waals surface area (Å²) in [5.74, 6) is -0.172. The predicted octanol–water partition coefficient (Wildman–Crippen LogP) is 3.80. The Bertz CT molecular complexity index is 698. The lowest BCUT2D eigenvalue weighted by molar-refractivity contribution is -0.162. The molecule has 2 aromatic rings. The van der Waals surface area contributed by atoms with Crippen molar-refractivity contribution in [1.82, 2.24) is 4.90 Å². The van der Waals surface area contributed by atoms with Gasteiger partial charge in [-0.15, -0.1) is 0 Å². The van der Waals surface area contributed by atoms with Gasteiger partial charge in [-0.25, -0.2) is 0 Å². The Kier molecular flexibility index (Phi) is 7.02. The maximum atomic E-state index is 12.8. The molecule has 144 valence electrons. The Morgan fingerprint density at radius 1 is 1.04 bits per heavy atom. The molecule has 4 heteroatoms. The third kappa shape index (κ3) is 5.41. The fourth-order valence-corrected chi connectivity index (χ4v) is 3.63. The van der Waals surface area contributed by atoms with Gasteiger partial charge < -0.3 is 9.47 Å². The van der Waals surface area contributed by atoms with Crippen LogP contribution >= 0.6 is 0 Å². The van der Waals surface area contributed by atoms with Crippen molar-refractivity contribution < 1.29 is 14.3 Å². The van der Waals surface area contributed by atoms with Crippen LogP contribution in [0.4, 0.5) is 0 Å². The summed E-state index contributed by atoms with van der Waals surface area (Å²) >= 11 is 0. The van der Waals surface area contributed by atoms with E-state index in [4.69, 9.17) is 9.47 Å². The Morgan fingerprint density at radius 3 is 2.30 bits per heavy atom. The Labute approximate surface area is 162 Å². The van der Waals surface area contributed by atoms with Gasteiger partial charge in [0, 0.05) is 26.1 Å². The number of benzene rings is 2. The molecular formula is C23H29NO3. The summed E-state index contributed by atoms with van der Waals surface area (Å²) in [6.07, 6.45) is 1.84. The number of nitrogens with zero attached hydrogens (tertiary/aromatic N) is 1. The molecule has 0 spiro atoms. The number of carbonyl (C=O) groups is 1. The minimum Gasteiger partial charge on any atom is -0.454 e. The highest BCUT2D eigenvalue weighted by atomic mass is 16.6. The van der Waals surface area contributed by atoms with Crippen LogP contribution in [0, 0.1) is 0 Å². The van der Waals surface area contributed by atoms with Crippen molar-refractivity contribution in [3.05, 3.63) is 71.8 Å². The van der Waals surface area contributed by atoms with Crippen LogP contribution in [-0.2, 0) is 26.3 Å². The lowest BCUT2D eigenvalue weighted by atomic mass is 9.87. The second-order valence-corrected chi connectivity index (χ2v) is 7.05. The van der Waals surface area contributed by atoms with Crippen molar-refractivity contribution in [3.63, 3.8) is 0 Å². The van der Waals surface area contributed by atoms with E-state index < -0.39 is 5.60 Å². The van der Waals surface area contributed by atoms with Crippen molar-refractivity contribution in [2.24, 2.45) is 0 Å². The summed E-state index contributed by atoms with van der Waals surface area (Å²) in [5.41, 5.74) is 1.46. The maximum absolute atomic E-state index is 12.8. The van der Waals surface area contributed by atoms with Gasteiger partial charge in [-0.2, -0.15) is 0 Å². The Balaban J connectivity index is 1.74. The van der Waals surface area contributed by atoms with Crippen LogP contribution in [0.1, 0.15) is 30.9 Å². The molecule has 0 bridgehead atoms. The van der Waals surface area contributed by atoms with Crippen LogP contribution in [0.5, 0.6) is 0 Å². The number of esters is 1. The summed E-state index contributed by atoms with van der Waals surface area (Å²) in [4.78, 5) is 15.1. The van der Waals surface area contributed by atoms with Gasteiger partial charge in [-0.1, -0.05) is 67.6 Å².